The first-order chi connectivity index (χ1) is 22.5. The van der Waals surface area contributed by atoms with Crippen molar-refractivity contribution < 1.29 is 41.8 Å². The molecule has 3 heterocycles. The van der Waals surface area contributed by atoms with Crippen LogP contribution in [0.1, 0.15) is 50.5 Å². The molecule has 3 aliphatic rings. The average molecular weight is 655 g/mol. The zero-order chi connectivity index (χ0) is 33.3. The van der Waals surface area contributed by atoms with Crippen LogP contribution in [0.5, 0.6) is 5.88 Å². The van der Waals surface area contributed by atoms with E-state index in [0.717, 1.165) is 23.3 Å². The summed E-state index contributed by atoms with van der Waals surface area (Å²) in [6.45, 7) is -0.0549. The third-order valence-corrected chi connectivity index (χ3v) is 9.15. The van der Waals surface area contributed by atoms with Gasteiger partial charge in [-0.15, -0.1) is 0 Å². The van der Waals surface area contributed by atoms with E-state index < -0.39 is 65.0 Å². The Morgan fingerprint density at radius 1 is 1.11 bits per heavy atom. The van der Waals surface area contributed by atoms with Gasteiger partial charge in [-0.1, -0.05) is 43.2 Å². The maximum Gasteiger partial charge on any atom is 0.419 e. The van der Waals surface area contributed by atoms with Crippen LogP contribution in [0, 0.1) is 11.7 Å². The summed E-state index contributed by atoms with van der Waals surface area (Å²) in [5.41, 5.74) is -3.07. The lowest BCUT2D eigenvalue weighted by atomic mass is 10.0. The van der Waals surface area contributed by atoms with Crippen LogP contribution in [0.4, 0.5) is 23.2 Å². The van der Waals surface area contributed by atoms with Gasteiger partial charge in [0.15, 0.2) is 0 Å². The number of nitrogens with zero attached hydrogens (tertiary/aromatic N) is 2. The first-order valence-corrected chi connectivity index (χ1v) is 15.6. The lowest BCUT2D eigenvalue weighted by Crippen LogP contribution is -2.55. The number of nitrogens with one attached hydrogen (secondary N) is 2. The second kappa shape index (κ2) is 12.8. The van der Waals surface area contributed by atoms with Crippen LogP contribution in [0.25, 0.3) is 10.8 Å². The summed E-state index contributed by atoms with van der Waals surface area (Å²) in [4.78, 5) is 46.1. The van der Waals surface area contributed by atoms with E-state index in [1.807, 2.05) is 36.4 Å². The minimum absolute atomic E-state index is 0.0279. The van der Waals surface area contributed by atoms with Crippen LogP contribution in [0.2, 0.25) is 0 Å². The van der Waals surface area contributed by atoms with Gasteiger partial charge in [0.2, 0.25) is 17.7 Å². The smallest absolute Gasteiger partial charge is 0.419 e. The third kappa shape index (κ3) is 6.75. The van der Waals surface area contributed by atoms with Crippen molar-refractivity contribution in [3.05, 3.63) is 78.3 Å². The molecular formula is C34H34F4N4O5. The van der Waals surface area contributed by atoms with Gasteiger partial charge in [-0.25, -0.2) is 14.2 Å². The molecule has 1 saturated carbocycles. The van der Waals surface area contributed by atoms with Crippen molar-refractivity contribution in [1.29, 1.82) is 0 Å². The molecule has 1 saturated heterocycles. The van der Waals surface area contributed by atoms with E-state index in [-0.39, 0.29) is 31.5 Å². The summed E-state index contributed by atoms with van der Waals surface area (Å²) < 4.78 is 60.8. The molecule has 248 valence electrons. The Labute approximate surface area is 268 Å². The fourth-order valence-corrected chi connectivity index (χ4v) is 6.52. The second-order valence-corrected chi connectivity index (χ2v) is 12.4. The summed E-state index contributed by atoms with van der Waals surface area (Å²) in [6.07, 6.45) is 2.73. The van der Waals surface area contributed by atoms with Crippen LogP contribution in [0.15, 0.2) is 66.9 Å². The first kappa shape index (κ1) is 32.3. The fourth-order valence-electron chi connectivity index (χ4n) is 6.52. The van der Waals surface area contributed by atoms with Crippen molar-refractivity contribution in [3.63, 3.8) is 0 Å². The van der Waals surface area contributed by atoms with Gasteiger partial charge in [-0.05, 0) is 61.4 Å². The monoisotopic (exact) mass is 654 g/mol. The number of amides is 2. The number of rotatable bonds is 5. The minimum Gasteiger partial charge on any atom is -0.479 e. The number of pyridine rings is 1. The Balaban J connectivity index is 1.32. The molecule has 0 unspecified atom stereocenters. The number of hydrogen-bond acceptors (Lipinski definition) is 6. The zero-order valence-electron chi connectivity index (χ0n) is 25.3. The summed E-state index contributed by atoms with van der Waals surface area (Å²) in [5, 5.41) is 17.2. The largest absolute Gasteiger partial charge is 0.479 e. The van der Waals surface area contributed by atoms with Crippen molar-refractivity contribution in [2.75, 3.05) is 11.9 Å². The number of alkyl halides is 3. The molecule has 1 aromatic heterocycles. The van der Waals surface area contributed by atoms with E-state index in [0.29, 0.717) is 37.3 Å². The maximum atomic E-state index is 14.3. The van der Waals surface area contributed by atoms with E-state index in [1.165, 1.54) is 4.90 Å². The molecule has 3 N–H and O–H groups in total. The highest BCUT2D eigenvalue weighted by Gasteiger charge is 2.61. The molecule has 1 aliphatic carbocycles. The molecule has 6 rings (SSSR count). The number of aliphatic carboxylic acids is 1. The van der Waals surface area contributed by atoms with Crippen molar-refractivity contribution in [1.82, 2.24) is 15.2 Å². The number of ether oxygens (including phenoxy) is 1. The van der Waals surface area contributed by atoms with Gasteiger partial charge in [0.1, 0.15) is 29.5 Å². The van der Waals surface area contributed by atoms with Gasteiger partial charge in [0.05, 0.1) is 12.1 Å². The van der Waals surface area contributed by atoms with Crippen molar-refractivity contribution in [2.45, 2.75) is 74.8 Å². The lowest BCUT2D eigenvalue weighted by Gasteiger charge is -2.30. The second-order valence-electron chi connectivity index (χ2n) is 12.4. The summed E-state index contributed by atoms with van der Waals surface area (Å²) >= 11 is 0. The molecule has 47 heavy (non-hydrogen) atoms. The lowest BCUT2D eigenvalue weighted by molar-refractivity contribution is -0.145. The van der Waals surface area contributed by atoms with Gasteiger partial charge in [-0.3, -0.25) is 9.59 Å². The Bertz CT molecular complexity index is 1710. The number of fused-ring (bicyclic) bond motifs is 3. The molecule has 5 atom stereocenters. The standard InChI is InChI=1S/C34H34F4N4O5/c35-26-13-12-22(16-25(26)34(36,37)38)40-27-11-5-3-1-2-4-9-21-18-33(21,32(45)46)41-29(43)28-17-23(19-42(28)31(27)44)47-30-24-10-7-6-8-20(24)14-15-39-30/h4,6-10,12-16,21,23,27-28,40H,1-3,5,11,17-19H2,(H,41,43)(H,45,46)/b9-4-/t21-,23+,27-,28-,33+/m0/s1. The van der Waals surface area contributed by atoms with Crippen LogP contribution < -0.4 is 15.4 Å². The van der Waals surface area contributed by atoms with E-state index in [2.05, 4.69) is 15.6 Å². The molecule has 2 fully saturated rings. The Morgan fingerprint density at radius 3 is 2.70 bits per heavy atom. The van der Waals surface area contributed by atoms with Crippen molar-refractivity contribution >= 4 is 34.2 Å². The molecule has 0 spiro atoms. The van der Waals surface area contributed by atoms with Crippen LogP contribution in [-0.4, -0.2) is 63.0 Å². The number of carboxylic acids is 1. The van der Waals surface area contributed by atoms with Gasteiger partial charge >= 0.3 is 12.1 Å². The van der Waals surface area contributed by atoms with Crippen LogP contribution in [-0.2, 0) is 20.6 Å². The van der Waals surface area contributed by atoms with E-state index in [1.54, 1.807) is 12.3 Å². The SMILES string of the molecule is O=C1N[C@]2(C(=O)O)C[C@@H]2/C=C\CCCCC[C@H](Nc2ccc(F)c(C(F)(F)F)c2)C(=O)N2C[C@H](Oc3nccc4ccccc34)C[C@@H]12. The summed E-state index contributed by atoms with van der Waals surface area (Å²) in [5.74, 6) is -3.94. The number of halogens is 4. The molecule has 2 aliphatic heterocycles. The van der Waals surface area contributed by atoms with Crippen molar-refractivity contribution in [2.24, 2.45) is 5.92 Å². The van der Waals surface area contributed by atoms with Gasteiger partial charge in [0.25, 0.3) is 0 Å². The molecule has 0 bridgehead atoms. The number of carboxylic acid groups (broad SMARTS) is 1. The molecule has 2 amide bonds. The summed E-state index contributed by atoms with van der Waals surface area (Å²) in [6, 6.07) is 9.50. The quantitative estimate of drug-likeness (QED) is 0.239. The Kier molecular flexibility index (Phi) is 8.82. The van der Waals surface area contributed by atoms with E-state index in [9.17, 15) is 37.1 Å². The molecule has 9 nitrogen and oxygen atoms in total. The van der Waals surface area contributed by atoms with Gasteiger partial charge < -0.3 is 25.4 Å². The number of benzene rings is 2. The highest BCUT2D eigenvalue weighted by molar-refractivity contribution is 5.96. The summed E-state index contributed by atoms with van der Waals surface area (Å²) in [7, 11) is 0. The predicted molar refractivity (Wildman–Crippen MR) is 164 cm³/mol. The van der Waals surface area contributed by atoms with Gasteiger partial charge in [0, 0.05) is 29.6 Å². The number of aromatic nitrogens is 1. The van der Waals surface area contributed by atoms with E-state index >= 15 is 0 Å². The molecular weight excluding hydrogens is 620 g/mol. The highest BCUT2D eigenvalue weighted by Crippen LogP contribution is 2.45. The molecule has 13 heteroatoms. The highest BCUT2D eigenvalue weighted by atomic mass is 19.4. The number of allylic oxidation sites excluding steroid dienone is 1. The van der Waals surface area contributed by atoms with Gasteiger partial charge in [-0.2, -0.15) is 13.2 Å². The predicted octanol–water partition coefficient (Wildman–Crippen LogP) is 5.70. The third-order valence-electron chi connectivity index (χ3n) is 9.15. The average Bonchev–Trinajstić information content (AvgIpc) is 3.57. The number of anilines is 1. The zero-order valence-corrected chi connectivity index (χ0v) is 25.3. The van der Waals surface area contributed by atoms with Crippen LogP contribution in [0.3, 0.4) is 0 Å². The normalized spacial score (nSPS) is 27.5. The van der Waals surface area contributed by atoms with Crippen LogP contribution >= 0.6 is 0 Å². The maximum absolute atomic E-state index is 14.3. The Hall–Kier alpha value is -4.68. The first-order valence-electron chi connectivity index (χ1n) is 15.6. The molecule has 3 aromatic rings. The molecule has 0 radical (unpaired) electrons. The molecule has 2 aromatic carbocycles. The topological polar surface area (TPSA) is 121 Å². The van der Waals surface area contributed by atoms with Crippen molar-refractivity contribution in [3.8, 4) is 5.88 Å². The Morgan fingerprint density at radius 2 is 1.91 bits per heavy atom. The fraction of sp³-hybridized carbons (Fsp3) is 0.412. The van der Waals surface area contributed by atoms with E-state index in [4.69, 9.17) is 4.74 Å². The minimum atomic E-state index is -4.94. The number of carbonyl (C=O) groups excluding carboxylic acids is 2. The number of hydrogen-bond donors (Lipinski definition) is 3. The number of carbonyl (C=O) groups is 3.